The second kappa shape index (κ2) is 5.32. The minimum absolute atomic E-state index is 0.112. The SMILES string of the molecule is CC1(NS(=O)(=O)c2ccc(F)c(C(=O)O)c2F)CCOC1. The van der Waals surface area contributed by atoms with Crippen LogP contribution < -0.4 is 4.72 Å². The van der Waals surface area contributed by atoms with E-state index in [1.54, 1.807) is 6.92 Å². The lowest BCUT2D eigenvalue weighted by Crippen LogP contribution is -2.46. The van der Waals surface area contributed by atoms with Gasteiger partial charge >= 0.3 is 5.97 Å². The molecule has 1 heterocycles. The van der Waals surface area contributed by atoms with Crippen LogP contribution in [0.15, 0.2) is 17.0 Å². The number of halogens is 2. The first-order valence-electron chi connectivity index (χ1n) is 5.99. The number of sulfonamides is 1. The van der Waals surface area contributed by atoms with Crippen molar-refractivity contribution in [3.63, 3.8) is 0 Å². The highest BCUT2D eigenvalue weighted by atomic mass is 32.2. The monoisotopic (exact) mass is 321 g/mol. The van der Waals surface area contributed by atoms with Crippen LogP contribution in [0.2, 0.25) is 0 Å². The van der Waals surface area contributed by atoms with Gasteiger partial charge in [0.05, 0.1) is 12.1 Å². The van der Waals surface area contributed by atoms with Gasteiger partial charge in [-0.2, -0.15) is 0 Å². The first-order chi connectivity index (χ1) is 9.66. The van der Waals surface area contributed by atoms with Gasteiger partial charge in [0.15, 0.2) is 5.82 Å². The van der Waals surface area contributed by atoms with E-state index in [-0.39, 0.29) is 6.61 Å². The highest BCUT2D eigenvalue weighted by Gasteiger charge is 2.36. The first-order valence-corrected chi connectivity index (χ1v) is 7.48. The molecular weight excluding hydrogens is 308 g/mol. The third kappa shape index (κ3) is 3.04. The average molecular weight is 321 g/mol. The molecule has 6 nitrogen and oxygen atoms in total. The molecule has 0 aromatic heterocycles. The second-order valence-electron chi connectivity index (χ2n) is 5.01. The van der Waals surface area contributed by atoms with E-state index in [2.05, 4.69) is 4.72 Å². The molecule has 1 aromatic rings. The van der Waals surface area contributed by atoms with E-state index in [0.717, 1.165) is 0 Å². The van der Waals surface area contributed by atoms with Crippen LogP contribution in [0.5, 0.6) is 0 Å². The van der Waals surface area contributed by atoms with Crippen molar-refractivity contribution in [3.05, 3.63) is 29.3 Å². The van der Waals surface area contributed by atoms with Crippen molar-refractivity contribution in [1.29, 1.82) is 0 Å². The van der Waals surface area contributed by atoms with E-state index in [9.17, 15) is 22.0 Å². The Balaban J connectivity index is 2.46. The van der Waals surface area contributed by atoms with Crippen molar-refractivity contribution in [2.24, 2.45) is 0 Å². The zero-order chi connectivity index (χ0) is 15.8. The van der Waals surface area contributed by atoms with E-state index < -0.39 is 43.6 Å². The van der Waals surface area contributed by atoms with Gasteiger partial charge in [0, 0.05) is 6.61 Å². The average Bonchev–Trinajstić information content (AvgIpc) is 2.73. The molecular formula is C12H13F2NO5S. The van der Waals surface area contributed by atoms with Crippen molar-refractivity contribution < 1.29 is 31.8 Å². The Morgan fingerprint density at radius 1 is 1.43 bits per heavy atom. The molecule has 1 aliphatic rings. The number of rotatable bonds is 4. The molecule has 1 unspecified atom stereocenters. The molecule has 1 atom stereocenters. The van der Waals surface area contributed by atoms with Crippen molar-refractivity contribution in [1.82, 2.24) is 4.72 Å². The molecule has 1 saturated heterocycles. The van der Waals surface area contributed by atoms with Gasteiger partial charge in [0.2, 0.25) is 10.0 Å². The second-order valence-corrected chi connectivity index (χ2v) is 6.66. The molecule has 2 rings (SSSR count). The van der Waals surface area contributed by atoms with Crippen LogP contribution in [0.1, 0.15) is 23.7 Å². The summed E-state index contributed by atoms with van der Waals surface area (Å²) in [4.78, 5) is 9.91. The lowest BCUT2D eigenvalue weighted by molar-refractivity contribution is 0.0685. The summed E-state index contributed by atoms with van der Waals surface area (Å²) in [5, 5.41) is 8.76. The highest BCUT2D eigenvalue weighted by molar-refractivity contribution is 7.89. The minimum atomic E-state index is -4.34. The van der Waals surface area contributed by atoms with Gasteiger partial charge < -0.3 is 9.84 Å². The molecule has 0 amide bonds. The summed E-state index contributed by atoms with van der Waals surface area (Å²) in [7, 11) is -4.34. The van der Waals surface area contributed by atoms with Crippen LogP contribution in [0.3, 0.4) is 0 Å². The van der Waals surface area contributed by atoms with E-state index >= 15 is 0 Å². The minimum Gasteiger partial charge on any atom is -0.477 e. The van der Waals surface area contributed by atoms with Gasteiger partial charge in [0.25, 0.3) is 0 Å². The Kier molecular flexibility index (Phi) is 4.00. The topological polar surface area (TPSA) is 92.7 Å². The summed E-state index contributed by atoms with van der Waals surface area (Å²) in [6.07, 6.45) is 0.390. The van der Waals surface area contributed by atoms with Gasteiger partial charge in [-0.25, -0.2) is 26.7 Å². The smallest absolute Gasteiger partial charge is 0.341 e. The summed E-state index contributed by atoms with van der Waals surface area (Å²) < 4.78 is 59.0. The summed E-state index contributed by atoms with van der Waals surface area (Å²) in [6, 6.07) is 1.30. The molecule has 116 valence electrons. The summed E-state index contributed by atoms with van der Waals surface area (Å²) in [5.74, 6) is -4.84. The normalized spacial score (nSPS) is 22.4. The number of nitrogens with one attached hydrogen (secondary N) is 1. The molecule has 0 radical (unpaired) electrons. The molecule has 1 fully saturated rings. The van der Waals surface area contributed by atoms with Crippen LogP contribution in [0.25, 0.3) is 0 Å². The van der Waals surface area contributed by atoms with E-state index in [0.29, 0.717) is 25.2 Å². The maximum Gasteiger partial charge on any atom is 0.341 e. The zero-order valence-electron chi connectivity index (χ0n) is 11.0. The predicted octanol–water partition coefficient (Wildman–Crippen LogP) is 1.12. The molecule has 0 aliphatic carbocycles. The lowest BCUT2D eigenvalue weighted by atomic mass is 10.0. The Labute approximate surface area is 119 Å². The van der Waals surface area contributed by atoms with Crippen LogP contribution in [0, 0.1) is 11.6 Å². The third-order valence-electron chi connectivity index (χ3n) is 3.16. The van der Waals surface area contributed by atoms with Gasteiger partial charge in [-0.15, -0.1) is 0 Å². The zero-order valence-corrected chi connectivity index (χ0v) is 11.8. The lowest BCUT2D eigenvalue weighted by Gasteiger charge is -2.23. The fourth-order valence-electron chi connectivity index (χ4n) is 2.06. The van der Waals surface area contributed by atoms with Gasteiger partial charge in [0.1, 0.15) is 16.3 Å². The molecule has 0 bridgehead atoms. The molecule has 1 aromatic carbocycles. The molecule has 9 heteroatoms. The number of hydrogen-bond acceptors (Lipinski definition) is 4. The number of carboxylic acids is 1. The van der Waals surface area contributed by atoms with Gasteiger partial charge in [-0.3, -0.25) is 0 Å². The maximum atomic E-state index is 14.0. The maximum absolute atomic E-state index is 14.0. The van der Waals surface area contributed by atoms with E-state index in [1.165, 1.54) is 0 Å². The first kappa shape index (κ1) is 15.8. The standard InChI is InChI=1S/C12H13F2NO5S/c1-12(4-5-20-6-12)15-21(18,19)8-3-2-7(13)9(10(8)14)11(16)17/h2-3,15H,4-6H2,1H3,(H,16,17). The Morgan fingerprint density at radius 3 is 2.62 bits per heavy atom. The highest BCUT2D eigenvalue weighted by Crippen LogP contribution is 2.25. The molecule has 0 saturated carbocycles. The molecule has 1 aliphatic heterocycles. The largest absolute Gasteiger partial charge is 0.477 e. The Hall–Kier alpha value is -1.58. The van der Waals surface area contributed by atoms with Crippen molar-refractivity contribution in [3.8, 4) is 0 Å². The van der Waals surface area contributed by atoms with E-state index in [1.807, 2.05) is 0 Å². The number of benzene rings is 1. The number of hydrogen-bond donors (Lipinski definition) is 2. The molecule has 21 heavy (non-hydrogen) atoms. The molecule has 2 N–H and O–H groups in total. The van der Waals surface area contributed by atoms with Crippen molar-refractivity contribution in [2.45, 2.75) is 23.8 Å². The number of aromatic carboxylic acids is 1. The quantitative estimate of drug-likeness (QED) is 0.867. The van der Waals surface area contributed by atoms with Crippen molar-refractivity contribution in [2.75, 3.05) is 13.2 Å². The third-order valence-corrected chi connectivity index (χ3v) is 4.81. The number of carbonyl (C=O) groups is 1. The fraction of sp³-hybridized carbons (Fsp3) is 0.417. The van der Waals surface area contributed by atoms with Crippen molar-refractivity contribution >= 4 is 16.0 Å². The van der Waals surface area contributed by atoms with Crippen LogP contribution in [0.4, 0.5) is 8.78 Å². The number of ether oxygens (including phenoxy) is 1. The van der Waals surface area contributed by atoms with E-state index in [4.69, 9.17) is 9.84 Å². The summed E-state index contributed by atoms with van der Waals surface area (Å²) in [5.41, 5.74) is -2.21. The summed E-state index contributed by atoms with van der Waals surface area (Å²) >= 11 is 0. The van der Waals surface area contributed by atoms with Crippen LogP contribution >= 0.6 is 0 Å². The van der Waals surface area contributed by atoms with Gasteiger partial charge in [-0.05, 0) is 25.5 Å². The van der Waals surface area contributed by atoms with Crippen LogP contribution in [-0.4, -0.2) is 38.2 Å². The predicted molar refractivity (Wildman–Crippen MR) is 67.5 cm³/mol. The molecule has 0 spiro atoms. The Bertz CT molecular complexity index is 683. The summed E-state index contributed by atoms with van der Waals surface area (Å²) in [6.45, 7) is 2.04. The van der Waals surface area contributed by atoms with Crippen LogP contribution in [-0.2, 0) is 14.8 Å². The number of carboxylic acid groups (broad SMARTS) is 1. The fourth-order valence-corrected chi connectivity index (χ4v) is 3.57. The Morgan fingerprint density at radius 2 is 2.10 bits per heavy atom. The van der Waals surface area contributed by atoms with Gasteiger partial charge in [-0.1, -0.05) is 0 Å².